The van der Waals surface area contributed by atoms with Crippen LogP contribution in [-0.2, 0) is 38.7 Å². The van der Waals surface area contributed by atoms with Crippen LogP contribution in [0.3, 0.4) is 0 Å². The van der Waals surface area contributed by atoms with Gasteiger partial charge < -0.3 is 14.8 Å². The SMILES string of the molecule is COC(=O)/C=C(/Nc1ccc2c(c1)CN(Cc1ccccc1)C2)C(=O)OC. The van der Waals surface area contributed by atoms with Crippen molar-refractivity contribution in [2.75, 3.05) is 19.5 Å². The molecule has 1 aliphatic rings. The molecule has 1 N–H and O–H groups in total. The zero-order valence-electron chi connectivity index (χ0n) is 15.4. The molecule has 0 amide bonds. The number of benzene rings is 2. The van der Waals surface area contributed by atoms with Crippen molar-refractivity contribution in [2.45, 2.75) is 19.6 Å². The summed E-state index contributed by atoms with van der Waals surface area (Å²) in [5, 5.41) is 2.96. The molecule has 6 nitrogen and oxygen atoms in total. The number of anilines is 1. The molecule has 1 heterocycles. The molecular weight excluding hydrogens is 344 g/mol. The predicted octanol–water partition coefficient (Wildman–Crippen LogP) is 2.84. The fourth-order valence-electron chi connectivity index (χ4n) is 3.08. The summed E-state index contributed by atoms with van der Waals surface area (Å²) in [4.78, 5) is 25.7. The molecule has 0 radical (unpaired) electrons. The molecule has 3 rings (SSSR count). The van der Waals surface area contributed by atoms with Crippen LogP contribution in [0.5, 0.6) is 0 Å². The molecule has 2 aromatic rings. The Bertz CT molecular complexity index is 862. The van der Waals surface area contributed by atoms with Gasteiger partial charge in [0.05, 0.1) is 20.3 Å². The van der Waals surface area contributed by atoms with Crippen molar-refractivity contribution in [1.82, 2.24) is 4.90 Å². The lowest BCUT2D eigenvalue weighted by molar-refractivity contribution is -0.138. The topological polar surface area (TPSA) is 67.9 Å². The maximum absolute atomic E-state index is 11.9. The van der Waals surface area contributed by atoms with E-state index in [1.165, 1.54) is 30.9 Å². The van der Waals surface area contributed by atoms with Gasteiger partial charge in [-0.25, -0.2) is 9.59 Å². The predicted molar refractivity (Wildman–Crippen MR) is 102 cm³/mol. The summed E-state index contributed by atoms with van der Waals surface area (Å²) in [5.41, 5.74) is 4.48. The number of ether oxygens (including phenoxy) is 2. The van der Waals surface area contributed by atoms with Gasteiger partial charge in [0.15, 0.2) is 0 Å². The molecule has 140 valence electrons. The van der Waals surface area contributed by atoms with Gasteiger partial charge in [0.25, 0.3) is 0 Å². The van der Waals surface area contributed by atoms with Crippen LogP contribution < -0.4 is 5.32 Å². The zero-order valence-corrected chi connectivity index (χ0v) is 15.4. The summed E-state index contributed by atoms with van der Waals surface area (Å²) >= 11 is 0. The lowest BCUT2D eigenvalue weighted by Crippen LogP contribution is -2.15. The first-order chi connectivity index (χ1) is 13.1. The summed E-state index contributed by atoms with van der Waals surface area (Å²) in [6, 6.07) is 16.3. The summed E-state index contributed by atoms with van der Waals surface area (Å²) in [7, 11) is 2.52. The number of fused-ring (bicyclic) bond motifs is 1. The van der Waals surface area contributed by atoms with Crippen molar-refractivity contribution < 1.29 is 19.1 Å². The van der Waals surface area contributed by atoms with E-state index in [0.717, 1.165) is 31.4 Å². The number of nitrogens with zero attached hydrogens (tertiary/aromatic N) is 1. The average Bonchev–Trinajstić information content (AvgIpc) is 3.08. The van der Waals surface area contributed by atoms with E-state index in [-0.39, 0.29) is 5.70 Å². The minimum Gasteiger partial charge on any atom is -0.466 e. The van der Waals surface area contributed by atoms with Crippen molar-refractivity contribution in [1.29, 1.82) is 0 Å². The number of hydrogen-bond acceptors (Lipinski definition) is 6. The maximum Gasteiger partial charge on any atom is 0.354 e. The van der Waals surface area contributed by atoms with Gasteiger partial charge in [-0.15, -0.1) is 0 Å². The van der Waals surface area contributed by atoms with Crippen molar-refractivity contribution >= 4 is 17.6 Å². The van der Waals surface area contributed by atoms with Crippen LogP contribution in [0.25, 0.3) is 0 Å². The highest BCUT2D eigenvalue weighted by Gasteiger charge is 2.20. The quantitative estimate of drug-likeness (QED) is 0.626. The van der Waals surface area contributed by atoms with Gasteiger partial charge in [-0.05, 0) is 28.8 Å². The molecule has 0 saturated heterocycles. The third-order valence-electron chi connectivity index (χ3n) is 4.39. The number of methoxy groups -OCH3 is 2. The van der Waals surface area contributed by atoms with Gasteiger partial charge in [-0.1, -0.05) is 36.4 Å². The van der Waals surface area contributed by atoms with Gasteiger partial charge in [0, 0.05) is 25.3 Å². The van der Waals surface area contributed by atoms with Crippen molar-refractivity contribution in [3.8, 4) is 0 Å². The second kappa shape index (κ2) is 8.51. The van der Waals surface area contributed by atoms with E-state index in [1.807, 2.05) is 36.4 Å². The first-order valence-corrected chi connectivity index (χ1v) is 8.62. The fourth-order valence-corrected chi connectivity index (χ4v) is 3.08. The molecule has 27 heavy (non-hydrogen) atoms. The molecule has 0 fully saturated rings. The average molecular weight is 366 g/mol. The van der Waals surface area contributed by atoms with Crippen LogP contribution >= 0.6 is 0 Å². The van der Waals surface area contributed by atoms with Crippen LogP contribution in [0.15, 0.2) is 60.3 Å². The maximum atomic E-state index is 11.9. The number of carbonyl (C=O) groups excluding carboxylic acids is 2. The van der Waals surface area contributed by atoms with Crippen molar-refractivity contribution in [2.24, 2.45) is 0 Å². The Kier molecular flexibility index (Phi) is 5.88. The molecule has 0 saturated carbocycles. The molecule has 2 aromatic carbocycles. The second-order valence-corrected chi connectivity index (χ2v) is 6.31. The molecule has 0 atom stereocenters. The molecule has 0 unspecified atom stereocenters. The Morgan fingerprint density at radius 3 is 2.48 bits per heavy atom. The van der Waals surface area contributed by atoms with E-state index in [2.05, 4.69) is 27.1 Å². The molecular formula is C21H22N2O4. The van der Waals surface area contributed by atoms with E-state index in [1.54, 1.807) is 0 Å². The Morgan fingerprint density at radius 1 is 1.04 bits per heavy atom. The molecule has 0 aliphatic carbocycles. The highest BCUT2D eigenvalue weighted by molar-refractivity contribution is 5.98. The normalized spacial score (nSPS) is 13.8. The number of esters is 2. The van der Waals surface area contributed by atoms with E-state index in [0.29, 0.717) is 0 Å². The number of carbonyl (C=O) groups is 2. The second-order valence-electron chi connectivity index (χ2n) is 6.31. The van der Waals surface area contributed by atoms with Gasteiger partial charge in [-0.3, -0.25) is 4.90 Å². The van der Waals surface area contributed by atoms with Crippen molar-refractivity contribution in [3.05, 3.63) is 77.0 Å². The van der Waals surface area contributed by atoms with Crippen LogP contribution in [0, 0.1) is 0 Å². The van der Waals surface area contributed by atoms with Crippen LogP contribution in [0.4, 0.5) is 5.69 Å². The van der Waals surface area contributed by atoms with Gasteiger partial charge in [0.2, 0.25) is 0 Å². The first-order valence-electron chi connectivity index (χ1n) is 8.62. The Balaban J connectivity index is 1.72. The minimum atomic E-state index is -0.633. The zero-order chi connectivity index (χ0) is 19.2. The van der Waals surface area contributed by atoms with Crippen LogP contribution in [-0.4, -0.2) is 31.1 Å². The number of rotatable bonds is 6. The van der Waals surface area contributed by atoms with E-state index < -0.39 is 11.9 Å². The Labute approximate surface area is 158 Å². The summed E-state index contributed by atoms with van der Waals surface area (Å²) in [6.45, 7) is 2.59. The lowest BCUT2D eigenvalue weighted by Gasteiger charge is -2.14. The van der Waals surface area contributed by atoms with Gasteiger partial charge in [-0.2, -0.15) is 0 Å². The fraction of sp³-hybridized carbons (Fsp3) is 0.238. The third-order valence-corrected chi connectivity index (χ3v) is 4.39. The van der Waals surface area contributed by atoms with Crippen molar-refractivity contribution in [3.63, 3.8) is 0 Å². The van der Waals surface area contributed by atoms with Gasteiger partial charge >= 0.3 is 11.9 Å². The van der Waals surface area contributed by atoms with Gasteiger partial charge in [0.1, 0.15) is 5.70 Å². The smallest absolute Gasteiger partial charge is 0.354 e. The largest absolute Gasteiger partial charge is 0.466 e. The molecule has 0 aromatic heterocycles. The number of hydrogen-bond donors (Lipinski definition) is 1. The Morgan fingerprint density at radius 2 is 1.78 bits per heavy atom. The summed E-state index contributed by atoms with van der Waals surface area (Å²) in [5.74, 6) is -1.26. The first kappa shape index (κ1) is 18.7. The van der Waals surface area contributed by atoms with E-state index in [4.69, 9.17) is 4.74 Å². The summed E-state index contributed by atoms with van der Waals surface area (Å²) in [6.07, 6.45) is 1.08. The highest BCUT2D eigenvalue weighted by Crippen LogP contribution is 2.27. The molecule has 0 bridgehead atoms. The monoisotopic (exact) mass is 366 g/mol. The lowest BCUT2D eigenvalue weighted by atomic mass is 10.1. The van der Waals surface area contributed by atoms with E-state index in [9.17, 15) is 9.59 Å². The van der Waals surface area contributed by atoms with E-state index >= 15 is 0 Å². The summed E-state index contributed by atoms with van der Waals surface area (Å²) < 4.78 is 9.31. The standard InChI is InChI=1S/C21H22N2O4/c1-26-20(24)11-19(21(25)27-2)22-18-9-8-16-13-23(14-17(16)10-18)12-15-6-4-3-5-7-15/h3-11,22H,12-14H2,1-2H3/b19-11+. The third kappa shape index (κ3) is 4.74. The van der Waals surface area contributed by atoms with Crippen LogP contribution in [0.1, 0.15) is 16.7 Å². The Hall–Kier alpha value is -3.12. The molecule has 1 aliphatic heterocycles. The highest BCUT2D eigenvalue weighted by atomic mass is 16.5. The number of nitrogens with one attached hydrogen (secondary N) is 1. The molecule has 6 heteroatoms. The molecule has 0 spiro atoms. The van der Waals surface area contributed by atoms with Crippen LogP contribution in [0.2, 0.25) is 0 Å². The minimum absolute atomic E-state index is 0.0310.